The highest BCUT2D eigenvalue weighted by atomic mass is 16.5. The molecule has 112 valence electrons. The van der Waals surface area contributed by atoms with Crippen LogP contribution in [0.15, 0.2) is 24.3 Å². The number of carbonyl (C=O) groups is 1. The Morgan fingerprint density at radius 2 is 2.10 bits per heavy atom. The van der Waals surface area contributed by atoms with Crippen LogP contribution in [0.1, 0.15) is 25.3 Å². The maximum absolute atomic E-state index is 11.4. The van der Waals surface area contributed by atoms with Crippen LogP contribution in [0.3, 0.4) is 0 Å². The number of esters is 1. The first kappa shape index (κ1) is 16.5. The van der Waals surface area contributed by atoms with Crippen LogP contribution in [0, 0.1) is 0 Å². The molecule has 0 heterocycles. The van der Waals surface area contributed by atoms with Crippen molar-refractivity contribution < 1.29 is 19.0 Å². The summed E-state index contributed by atoms with van der Waals surface area (Å²) in [5, 5.41) is 0. The van der Waals surface area contributed by atoms with Gasteiger partial charge in [0.25, 0.3) is 0 Å². The lowest BCUT2D eigenvalue weighted by Gasteiger charge is -2.21. The van der Waals surface area contributed by atoms with Crippen molar-refractivity contribution in [2.24, 2.45) is 5.73 Å². The first-order chi connectivity index (χ1) is 9.49. The molecule has 0 spiro atoms. The summed E-state index contributed by atoms with van der Waals surface area (Å²) in [6.07, 6.45) is 1.19. The molecule has 1 atom stereocenters. The molecule has 0 aromatic heterocycles. The van der Waals surface area contributed by atoms with Crippen LogP contribution in [-0.4, -0.2) is 32.3 Å². The molecule has 1 rings (SSSR count). The lowest BCUT2D eigenvalue weighted by Crippen LogP contribution is -2.45. The molecule has 1 aromatic rings. The summed E-state index contributed by atoms with van der Waals surface area (Å²) in [6, 6.07) is 7.72. The quantitative estimate of drug-likeness (QED) is 0.582. The largest absolute Gasteiger partial charge is 0.494 e. The van der Waals surface area contributed by atoms with E-state index in [4.69, 9.17) is 15.2 Å². The van der Waals surface area contributed by atoms with E-state index in [0.717, 1.165) is 11.3 Å². The van der Waals surface area contributed by atoms with Crippen LogP contribution in [0.5, 0.6) is 5.75 Å². The molecule has 0 bridgehead atoms. The van der Waals surface area contributed by atoms with E-state index in [1.807, 2.05) is 24.3 Å². The Kier molecular flexibility index (Phi) is 6.48. The minimum Gasteiger partial charge on any atom is -0.494 e. The van der Waals surface area contributed by atoms with Crippen molar-refractivity contribution in [2.75, 3.05) is 20.8 Å². The standard InChI is InChI=1S/C15H23NO4/c1-15(16,14(17)19-3)8-5-9-20-13-7-4-6-12(10-13)11-18-2/h4,6-7,10H,5,8-9,11,16H2,1-3H3. The fourth-order valence-corrected chi connectivity index (χ4v) is 1.86. The lowest BCUT2D eigenvalue weighted by molar-refractivity contribution is -0.146. The van der Waals surface area contributed by atoms with Gasteiger partial charge >= 0.3 is 5.97 Å². The van der Waals surface area contributed by atoms with E-state index in [0.29, 0.717) is 26.1 Å². The Morgan fingerprint density at radius 1 is 1.35 bits per heavy atom. The molecule has 1 aromatic carbocycles. The molecule has 0 saturated carbocycles. The van der Waals surface area contributed by atoms with E-state index in [2.05, 4.69) is 4.74 Å². The Morgan fingerprint density at radius 3 is 2.75 bits per heavy atom. The summed E-state index contributed by atoms with van der Waals surface area (Å²) >= 11 is 0. The van der Waals surface area contributed by atoms with E-state index in [9.17, 15) is 4.79 Å². The number of methoxy groups -OCH3 is 2. The van der Waals surface area contributed by atoms with Gasteiger partial charge in [-0.1, -0.05) is 12.1 Å². The number of ether oxygens (including phenoxy) is 3. The average Bonchev–Trinajstić information content (AvgIpc) is 2.43. The summed E-state index contributed by atoms with van der Waals surface area (Å²) in [4.78, 5) is 11.4. The third-order valence-electron chi connectivity index (χ3n) is 2.97. The van der Waals surface area contributed by atoms with E-state index in [-0.39, 0.29) is 0 Å². The summed E-state index contributed by atoms with van der Waals surface area (Å²) in [6.45, 7) is 2.72. The number of nitrogens with two attached hydrogens (primary N) is 1. The number of benzene rings is 1. The highest BCUT2D eigenvalue weighted by Gasteiger charge is 2.28. The number of rotatable bonds is 8. The second-order valence-electron chi connectivity index (χ2n) is 4.94. The molecule has 0 radical (unpaired) electrons. The zero-order valence-electron chi connectivity index (χ0n) is 12.3. The van der Waals surface area contributed by atoms with Crippen LogP contribution in [0.4, 0.5) is 0 Å². The fraction of sp³-hybridized carbons (Fsp3) is 0.533. The molecule has 2 N–H and O–H groups in total. The second kappa shape index (κ2) is 7.87. The molecule has 5 heteroatoms. The van der Waals surface area contributed by atoms with Gasteiger partial charge in [0.15, 0.2) is 0 Å². The smallest absolute Gasteiger partial charge is 0.325 e. The van der Waals surface area contributed by atoms with Gasteiger partial charge in [0.1, 0.15) is 11.3 Å². The molecule has 20 heavy (non-hydrogen) atoms. The van der Waals surface area contributed by atoms with Crippen LogP contribution >= 0.6 is 0 Å². The van der Waals surface area contributed by atoms with Crippen molar-refractivity contribution in [3.05, 3.63) is 29.8 Å². The molecule has 5 nitrogen and oxygen atoms in total. The predicted molar refractivity (Wildman–Crippen MR) is 76.5 cm³/mol. The van der Waals surface area contributed by atoms with Gasteiger partial charge in [-0.3, -0.25) is 4.79 Å². The van der Waals surface area contributed by atoms with Gasteiger partial charge in [0, 0.05) is 7.11 Å². The van der Waals surface area contributed by atoms with Crippen molar-refractivity contribution in [1.29, 1.82) is 0 Å². The molecule has 0 amide bonds. The summed E-state index contributed by atoms with van der Waals surface area (Å²) in [5.74, 6) is 0.385. The highest BCUT2D eigenvalue weighted by Crippen LogP contribution is 2.16. The third-order valence-corrected chi connectivity index (χ3v) is 2.97. The molecule has 0 saturated heterocycles. The lowest BCUT2D eigenvalue weighted by atomic mass is 9.98. The normalized spacial score (nSPS) is 13.6. The van der Waals surface area contributed by atoms with Crippen molar-refractivity contribution in [1.82, 2.24) is 0 Å². The first-order valence-electron chi connectivity index (χ1n) is 6.57. The maximum Gasteiger partial charge on any atom is 0.325 e. The van der Waals surface area contributed by atoms with Gasteiger partial charge in [-0.15, -0.1) is 0 Å². The van der Waals surface area contributed by atoms with E-state index in [1.165, 1.54) is 7.11 Å². The van der Waals surface area contributed by atoms with Gasteiger partial charge in [0.2, 0.25) is 0 Å². The molecule has 1 unspecified atom stereocenters. The highest BCUT2D eigenvalue weighted by molar-refractivity contribution is 5.79. The first-order valence-corrected chi connectivity index (χ1v) is 6.57. The molecule has 0 fully saturated rings. The Labute approximate surface area is 120 Å². The van der Waals surface area contributed by atoms with Crippen molar-refractivity contribution in [3.8, 4) is 5.75 Å². The topological polar surface area (TPSA) is 70.8 Å². The molecular formula is C15H23NO4. The third kappa shape index (κ3) is 5.19. The van der Waals surface area contributed by atoms with Crippen LogP contribution in [0.25, 0.3) is 0 Å². The Balaban J connectivity index is 2.37. The Bertz CT molecular complexity index is 432. The van der Waals surface area contributed by atoms with Crippen LogP contribution in [0.2, 0.25) is 0 Å². The van der Waals surface area contributed by atoms with Crippen LogP contribution in [-0.2, 0) is 20.9 Å². The average molecular weight is 281 g/mol. The molecule has 0 aliphatic rings. The van der Waals surface area contributed by atoms with E-state index in [1.54, 1.807) is 14.0 Å². The number of hydrogen-bond acceptors (Lipinski definition) is 5. The van der Waals surface area contributed by atoms with Gasteiger partial charge in [-0.2, -0.15) is 0 Å². The summed E-state index contributed by atoms with van der Waals surface area (Å²) in [7, 11) is 2.99. The van der Waals surface area contributed by atoms with E-state index >= 15 is 0 Å². The predicted octanol–water partition coefficient (Wildman–Crippen LogP) is 1.88. The zero-order valence-corrected chi connectivity index (χ0v) is 12.3. The van der Waals surface area contributed by atoms with Gasteiger partial charge in [0.05, 0.1) is 20.3 Å². The van der Waals surface area contributed by atoms with Gasteiger partial charge < -0.3 is 19.9 Å². The minimum absolute atomic E-state index is 0.403. The van der Waals surface area contributed by atoms with Crippen molar-refractivity contribution in [2.45, 2.75) is 31.9 Å². The zero-order chi connectivity index (χ0) is 15.0. The fourth-order valence-electron chi connectivity index (χ4n) is 1.86. The molecule has 0 aliphatic carbocycles. The van der Waals surface area contributed by atoms with Crippen molar-refractivity contribution in [3.63, 3.8) is 0 Å². The SMILES string of the molecule is COCc1cccc(OCCCC(C)(N)C(=O)OC)c1. The number of carbonyl (C=O) groups excluding carboxylic acids is 1. The Hall–Kier alpha value is -1.59. The molecular weight excluding hydrogens is 258 g/mol. The van der Waals surface area contributed by atoms with Gasteiger partial charge in [-0.05, 0) is 37.5 Å². The monoisotopic (exact) mass is 281 g/mol. The van der Waals surface area contributed by atoms with Crippen LogP contribution < -0.4 is 10.5 Å². The maximum atomic E-state index is 11.4. The minimum atomic E-state index is -0.962. The van der Waals surface area contributed by atoms with Crippen molar-refractivity contribution >= 4 is 5.97 Å². The van der Waals surface area contributed by atoms with Gasteiger partial charge in [-0.25, -0.2) is 0 Å². The van der Waals surface area contributed by atoms with E-state index < -0.39 is 11.5 Å². The second-order valence-corrected chi connectivity index (χ2v) is 4.94. The number of hydrogen-bond donors (Lipinski definition) is 1. The summed E-state index contributed by atoms with van der Waals surface area (Å²) in [5.41, 5.74) is 5.96. The molecule has 0 aliphatic heterocycles. The summed E-state index contributed by atoms with van der Waals surface area (Å²) < 4.78 is 15.4.